The summed E-state index contributed by atoms with van der Waals surface area (Å²) in [6.07, 6.45) is 2.07. The molecule has 2 amide bonds. The van der Waals surface area contributed by atoms with E-state index < -0.39 is 5.41 Å². The number of anilines is 1. The predicted molar refractivity (Wildman–Crippen MR) is 102 cm³/mol. The maximum absolute atomic E-state index is 12.4. The van der Waals surface area contributed by atoms with Gasteiger partial charge in [-0.3, -0.25) is 9.59 Å². The second kappa shape index (κ2) is 8.40. The quantitative estimate of drug-likeness (QED) is 0.716. The van der Waals surface area contributed by atoms with Crippen LogP contribution in [0.3, 0.4) is 0 Å². The lowest BCUT2D eigenvalue weighted by Crippen LogP contribution is -2.41. The van der Waals surface area contributed by atoms with Crippen LogP contribution in [0.4, 0.5) is 5.69 Å². The second-order valence-corrected chi connectivity index (χ2v) is 7.46. The smallest absolute Gasteiger partial charge is 0.253 e. The number of carbonyl (C=O) groups is 2. The van der Waals surface area contributed by atoms with Crippen LogP contribution in [0.1, 0.15) is 44.0 Å². The summed E-state index contributed by atoms with van der Waals surface area (Å²) in [5.41, 5.74) is 0.462. The van der Waals surface area contributed by atoms with Crippen molar-refractivity contribution in [2.45, 2.75) is 39.7 Å². The number of para-hydroxylation sites is 1. The number of hydrogen-bond acceptors (Lipinski definition) is 4. The minimum atomic E-state index is -0.552. The van der Waals surface area contributed by atoms with Crippen LogP contribution >= 0.6 is 12.2 Å². The first-order valence-electron chi connectivity index (χ1n) is 8.38. The van der Waals surface area contributed by atoms with Crippen molar-refractivity contribution in [1.29, 1.82) is 0 Å². The lowest BCUT2D eigenvalue weighted by atomic mass is 9.96. The molecule has 1 saturated heterocycles. The van der Waals surface area contributed by atoms with Crippen LogP contribution in [0.25, 0.3) is 0 Å². The lowest BCUT2D eigenvalue weighted by Gasteiger charge is -2.19. The summed E-state index contributed by atoms with van der Waals surface area (Å²) in [7, 11) is 0. The molecule has 0 radical (unpaired) electrons. The summed E-state index contributed by atoms with van der Waals surface area (Å²) < 4.78 is 5.51. The van der Waals surface area contributed by atoms with Gasteiger partial charge in [0.25, 0.3) is 5.91 Å². The third-order valence-electron chi connectivity index (χ3n) is 3.84. The second-order valence-electron chi connectivity index (χ2n) is 7.05. The number of amides is 2. The Bertz CT molecular complexity index is 649. The summed E-state index contributed by atoms with van der Waals surface area (Å²) in [6.45, 7) is 6.64. The van der Waals surface area contributed by atoms with E-state index in [0.29, 0.717) is 17.8 Å². The fourth-order valence-corrected chi connectivity index (χ4v) is 2.54. The molecule has 0 spiro atoms. The Morgan fingerprint density at radius 2 is 2.00 bits per heavy atom. The first-order valence-corrected chi connectivity index (χ1v) is 8.79. The van der Waals surface area contributed by atoms with Gasteiger partial charge >= 0.3 is 0 Å². The van der Waals surface area contributed by atoms with Crippen molar-refractivity contribution in [2.75, 3.05) is 18.5 Å². The van der Waals surface area contributed by atoms with E-state index in [1.54, 1.807) is 45.0 Å². The zero-order valence-electron chi connectivity index (χ0n) is 14.8. The van der Waals surface area contributed by atoms with E-state index in [0.717, 1.165) is 19.4 Å². The molecule has 1 aromatic carbocycles. The molecule has 1 aromatic rings. The van der Waals surface area contributed by atoms with Crippen LogP contribution in [0, 0.1) is 5.41 Å². The van der Waals surface area contributed by atoms with Crippen molar-refractivity contribution in [2.24, 2.45) is 5.41 Å². The molecule has 0 saturated carbocycles. The molecular formula is C18H25N3O3S. The van der Waals surface area contributed by atoms with Crippen LogP contribution in [0.2, 0.25) is 0 Å². The van der Waals surface area contributed by atoms with Crippen LogP contribution in [-0.4, -0.2) is 36.2 Å². The molecular weight excluding hydrogens is 338 g/mol. The molecule has 2 rings (SSSR count). The van der Waals surface area contributed by atoms with Crippen LogP contribution < -0.4 is 16.0 Å². The van der Waals surface area contributed by atoms with E-state index in [4.69, 9.17) is 17.0 Å². The van der Waals surface area contributed by atoms with Gasteiger partial charge in [-0.05, 0) is 37.2 Å². The molecule has 1 fully saturated rings. The molecule has 25 heavy (non-hydrogen) atoms. The zero-order valence-corrected chi connectivity index (χ0v) is 15.7. The SMILES string of the molecule is CC(C)(C)C(=O)NC(=S)Nc1ccccc1C(=O)NC[C@@H]1CCCO1. The number of ether oxygens (including phenoxy) is 1. The van der Waals surface area contributed by atoms with E-state index in [1.807, 2.05) is 0 Å². The highest BCUT2D eigenvalue weighted by atomic mass is 32.1. The maximum Gasteiger partial charge on any atom is 0.253 e. The Balaban J connectivity index is 1.98. The Labute approximate surface area is 153 Å². The summed E-state index contributed by atoms with van der Waals surface area (Å²) in [4.78, 5) is 24.4. The summed E-state index contributed by atoms with van der Waals surface area (Å²) in [5.74, 6) is -0.395. The Hall–Kier alpha value is -1.99. The van der Waals surface area contributed by atoms with Crippen molar-refractivity contribution in [1.82, 2.24) is 10.6 Å². The first-order chi connectivity index (χ1) is 11.8. The fraction of sp³-hybridized carbons (Fsp3) is 0.500. The monoisotopic (exact) mass is 363 g/mol. The Kier molecular flexibility index (Phi) is 6.50. The van der Waals surface area contributed by atoms with Crippen LogP contribution in [-0.2, 0) is 9.53 Å². The normalized spacial score (nSPS) is 17.0. The van der Waals surface area contributed by atoms with Gasteiger partial charge in [-0.25, -0.2) is 0 Å². The molecule has 3 N–H and O–H groups in total. The van der Waals surface area contributed by atoms with Gasteiger partial charge in [0.2, 0.25) is 5.91 Å². The molecule has 1 aliphatic rings. The molecule has 0 bridgehead atoms. The Morgan fingerprint density at radius 1 is 1.28 bits per heavy atom. The largest absolute Gasteiger partial charge is 0.376 e. The average Bonchev–Trinajstić information content (AvgIpc) is 3.05. The predicted octanol–water partition coefficient (Wildman–Crippen LogP) is 2.45. The highest BCUT2D eigenvalue weighted by Gasteiger charge is 2.23. The van der Waals surface area contributed by atoms with Crippen molar-refractivity contribution in [3.05, 3.63) is 29.8 Å². The standard InChI is InChI=1S/C18H25N3O3S/c1-18(2,3)16(23)21-17(25)20-14-9-5-4-8-13(14)15(22)19-11-12-7-6-10-24-12/h4-5,8-9,12H,6-7,10-11H2,1-3H3,(H,19,22)(H2,20,21,23,25)/t12-/m0/s1. The van der Waals surface area contributed by atoms with Gasteiger partial charge in [0.1, 0.15) is 0 Å². The summed E-state index contributed by atoms with van der Waals surface area (Å²) in [5, 5.41) is 8.62. The number of hydrogen-bond donors (Lipinski definition) is 3. The maximum atomic E-state index is 12.4. The lowest BCUT2D eigenvalue weighted by molar-refractivity contribution is -0.126. The first kappa shape index (κ1) is 19.3. The number of benzene rings is 1. The topological polar surface area (TPSA) is 79.5 Å². The van der Waals surface area contributed by atoms with Crippen LogP contribution in [0.5, 0.6) is 0 Å². The van der Waals surface area contributed by atoms with E-state index in [1.165, 1.54) is 0 Å². The van der Waals surface area contributed by atoms with Gasteiger partial charge < -0.3 is 20.7 Å². The molecule has 0 aliphatic carbocycles. The van der Waals surface area contributed by atoms with Crippen molar-refractivity contribution >= 4 is 34.8 Å². The summed E-state index contributed by atoms with van der Waals surface area (Å²) in [6, 6.07) is 7.04. The molecule has 1 aliphatic heterocycles. The van der Waals surface area contributed by atoms with Gasteiger partial charge in [-0.2, -0.15) is 0 Å². The van der Waals surface area contributed by atoms with Crippen molar-refractivity contribution in [3.8, 4) is 0 Å². The fourth-order valence-electron chi connectivity index (χ4n) is 2.34. The molecule has 0 aromatic heterocycles. The molecule has 136 valence electrons. The van der Waals surface area contributed by atoms with Crippen molar-refractivity contribution < 1.29 is 14.3 Å². The minimum absolute atomic E-state index is 0.0798. The van der Waals surface area contributed by atoms with Crippen molar-refractivity contribution in [3.63, 3.8) is 0 Å². The average molecular weight is 363 g/mol. The molecule has 6 nitrogen and oxygen atoms in total. The molecule has 1 heterocycles. The molecule has 1 atom stereocenters. The number of thiocarbonyl (C=S) groups is 1. The van der Waals surface area contributed by atoms with Gasteiger partial charge in [-0.1, -0.05) is 32.9 Å². The van der Waals surface area contributed by atoms with E-state index in [-0.39, 0.29) is 23.0 Å². The number of rotatable bonds is 4. The van der Waals surface area contributed by atoms with Crippen LogP contribution in [0.15, 0.2) is 24.3 Å². The number of nitrogens with one attached hydrogen (secondary N) is 3. The molecule has 7 heteroatoms. The van der Waals surface area contributed by atoms with Gasteiger partial charge in [-0.15, -0.1) is 0 Å². The van der Waals surface area contributed by atoms with E-state index in [9.17, 15) is 9.59 Å². The zero-order chi connectivity index (χ0) is 18.4. The van der Waals surface area contributed by atoms with Gasteiger partial charge in [0.05, 0.1) is 17.4 Å². The Morgan fingerprint density at radius 3 is 2.64 bits per heavy atom. The van der Waals surface area contributed by atoms with E-state index in [2.05, 4.69) is 16.0 Å². The third kappa shape index (κ3) is 5.79. The van der Waals surface area contributed by atoms with Gasteiger partial charge in [0, 0.05) is 18.6 Å². The minimum Gasteiger partial charge on any atom is -0.376 e. The van der Waals surface area contributed by atoms with Gasteiger partial charge in [0.15, 0.2) is 5.11 Å². The van der Waals surface area contributed by atoms with E-state index >= 15 is 0 Å². The highest BCUT2D eigenvalue weighted by molar-refractivity contribution is 7.80. The summed E-state index contributed by atoms with van der Waals surface area (Å²) >= 11 is 5.18. The highest BCUT2D eigenvalue weighted by Crippen LogP contribution is 2.17. The molecule has 0 unspecified atom stereocenters. The number of carbonyl (C=O) groups excluding carboxylic acids is 2. The third-order valence-corrected chi connectivity index (χ3v) is 4.05.